The van der Waals surface area contributed by atoms with Crippen molar-refractivity contribution in [1.29, 1.82) is 0 Å². The molecule has 0 N–H and O–H groups in total. The fourth-order valence-corrected chi connectivity index (χ4v) is 3.56. The summed E-state index contributed by atoms with van der Waals surface area (Å²) in [5.41, 5.74) is 0.616. The number of carbonyl (C=O) groups is 1. The van der Waals surface area contributed by atoms with Gasteiger partial charge in [-0.2, -0.15) is 5.10 Å². The van der Waals surface area contributed by atoms with Crippen LogP contribution in [0.2, 0.25) is 0 Å². The highest BCUT2D eigenvalue weighted by atomic mass is 16.6. The first kappa shape index (κ1) is 18.6. The molecule has 0 bridgehead atoms. The van der Waals surface area contributed by atoms with Crippen LogP contribution in [0.25, 0.3) is 0 Å². The van der Waals surface area contributed by atoms with E-state index in [-0.39, 0.29) is 16.5 Å². The van der Waals surface area contributed by atoms with Gasteiger partial charge in [-0.1, -0.05) is 6.92 Å². The van der Waals surface area contributed by atoms with Crippen molar-refractivity contribution in [1.82, 2.24) is 19.6 Å². The molecule has 0 unspecified atom stereocenters. The largest absolute Gasteiger partial charge is 0.378 e. The molecule has 0 radical (unpaired) electrons. The van der Waals surface area contributed by atoms with Crippen molar-refractivity contribution in [3.8, 4) is 0 Å². The average Bonchev–Trinajstić information content (AvgIpc) is 3.00. The first-order chi connectivity index (χ1) is 12.5. The number of nitro groups is 1. The molecule has 1 amide bonds. The van der Waals surface area contributed by atoms with Crippen molar-refractivity contribution in [3.05, 3.63) is 15.8 Å². The number of amides is 1. The topological polar surface area (TPSA) is 97.0 Å². The fourth-order valence-electron chi connectivity index (χ4n) is 3.56. The molecule has 1 aromatic rings. The molecule has 2 aliphatic rings. The number of nitrogens with zero attached hydrogens (tertiary/aromatic N) is 6. The summed E-state index contributed by atoms with van der Waals surface area (Å²) < 4.78 is 6.88. The van der Waals surface area contributed by atoms with Gasteiger partial charge >= 0.3 is 5.69 Å². The smallest absolute Gasteiger partial charge is 0.334 e. The van der Waals surface area contributed by atoms with Crippen LogP contribution in [0.1, 0.15) is 12.6 Å². The molecule has 2 saturated heterocycles. The molecule has 2 aliphatic heterocycles. The molecule has 0 spiro atoms. The first-order valence-corrected chi connectivity index (χ1v) is 9.04. The van der Waals surface area contributed by atoms with E-state index in [0.29, 0.717) is 77.0 Å². The lowest BCUT2D eigenvalue weighted by atomic mass is 10.2. The van der Waals surface area contributed by atoms with Crippen LogP contribution in [0.3, 0.4) is 0 Å². The summed E-state index contributed by atoms with van der Waals surface area (Å²) in [7, 11) is 1.75. The number of morpholine rings is 1. The van der Waals surface area contributed by atoms with Crippen LogP contribution in [0.15, 0.2) is 0 Å². The summed E-state index contributed by atoms with van der Waals surface area (Å²) >= 11 is 0. The zero-order valence-electron chi connectivity index (χ0n) is 15.4. The quantitative estimate of drug-likeness (QED) is 0.529. The third-order valence-corrected chi connectivity index (χ3v) is 4.97. The van der Waals surface area contributed by atoms with E-state index in [0.717, 1.165) is 0 Å². The monoisotopic (exact) mass is 366 g/mol. The number of piperazine rings is 1. The van der Waals surface area contributed by atoms with Crippen LogP contribution in [0.4, 0.5) is 11.5 Å². The predicted molar refractivity (Wildman–Crippen MR) is 95.3 cm³/mol. The van der Waals surface area contributed by atoms with Gasteiger partial charge in [0, 0.05) is 46.3 Å². The molecule has 10 nitrogen and oxygen atoms in total. The van der Waals surface area contributed by atoms with Crippen molar-refractivity contribution in [2.24, 2.45) is 7.05 Å². The van der Waals surface area contributed by atoms with Crippen molar-refractivity contribution in [3.63, 3.8) is 0 Å². The summed E-state index contributed by atoms with van der Waals surface area (Å²) in [5, 5.41) is 15.8. The van der Waals surface area contributed by atoms with Crippen LogP contribution in [-0.4, -0.2) is 89.4 Å². The second-order valence-corrected chi connectivity index (χ2v) is 6.61. The maximum absolute atomic E-state index is 12.4. The maximum atomic E-state index is 12.4. The fraction of sp³-hybridized carbons (Fsp3) is 0.750. The molecule has 0 aliphatic carbocycles. The van der Waals surface area contributed by atoms with E-state index in [1.807, 2.05) is 16.7 Å². The Morgan fingerprint density at radius 1 is 1.19 bits per heavy atom. The molecule has 0 saturated carbocycles. The molecule has 10 heteroatoms. The molecule has 0 atom stereocenters. The average molecular weight is 366 g/mol. The van der Waals surface area contributed by atoms with Gasteiger partial charge in [0.1, 0.15) is 5.69 Å². The molecular weight excluding hydrogens is 340 g/mol. The highest BCUT2D eigenvalue weighted by Gasteiger charge is 2.32. The number of rotatable bonds is 5. The van der Waals surface area contributed by atoms with E-state index in [4.69, 9.17) is 4.74 Å². The standard InChI is InChI=1S/C16H26N6O4/c1-3-13-15(22(24)25)16(18(2)17-13)21-6-4-19(5-7-21)12-14(23)20-8-10-26-11-9-20/h3-12H2,1-2H3. The van der Waals surface area contributed by atoms with E-state index in [1.54, 1.807) is 11.7 Å². The van der Waals surface area contributed by atoms with Crippen LogP contribution in [-0.2, 0) is 23.0 Å². The summed E-state index contributed by atoms with van der Waals surface area (Å²) in [4.78, 5) is 29.5. The van der Waals surface area contributed by atoms with E-state index in [2.05, 4.69) is 10.00 Å². The number of ether oxygens (including phenoxy) is 1. The van der Waals surface area contributed by atoms with Gasteiger partial charge in [0.05, 0.1) is 24.7 Å². The normalized spacial score (nSPS) is 19.0. The van der Waals surface area contributed by atoms with Crippen LogP contribution in [0, 0.1) is 10.1 Å². The van der Waals surface area contributed by atoms with Crippen molar-refractivity contribution in [2.75, 3.05) is 63.9 Å². The SMILES string of the molecule is CCc1nn(C)c(N2CCN(CC(=O)N3CCOCC3)CC2)c1[N+](=O)[O-]. The molecular formula is C16H26N6O4. The Labute approximate surface area is 152 Å². The van der Waals surface area contributed by atoms with E-state index in [1.165, 1.54) is 0 Å². The van der Waals surface area contributed by atoms with Gasteiger partial charge < -0.3 is 14.5 Å². The van der Waals surface area contributed by atoms with E-state index in [9.17, 15) is 14.9 Å². The highest BCUT2D eigenvalue weighted by Crippen LogP contribution is 2.32. The number of anilines is 1. The second kappa shape index (κ2) is 8.00. The van der Waals surface area contributed by atoms with Gasteiger partial charge in [0.25, 0.3) is 0 Å². The number of hydrogen-bond acceptors (Lipinski definition) is 7. The minimum Gasteiger partial charge on any atom is -0.378 e. The number of carbonyl (C=O) groups excluding carboxylic acids is 1. The Morgan fingerprint density at radius 2 is 1.85 bits per heavy atom. The summed E-state index contributed by atoms with van der Waals surface area (Å²) in [6.45, 7) is 7.43. The first-order valence-electron chi connectivity index (χ1n) is 9.04. The molecule has 26 heavy (non-hydrogen) atoms. The van der Waals surface area contributed by atoms with Crippen LogP contribution < -0.4 is 4.90 Å². The third kappa shape index (κ3) is 3.80. The second-order valence-electron chi connectivity index (χ2n) is 6.61. The molecule has 3 heterocycles. The number of aromatic nitrogens is 2. The third-order valence-electron chi connectivity index (χ3n) is 4.97. The zero-order valence-corrected chi connectivity index (χ0v) is 15.4. The molecule has 1 aromatic heterocycles. The Hall–Kier alpha value is -2.20. The van der Waals surface area contributed by atoms with Crippen LogP contribution >= 0.6 is 0 Å². The number of aryl methyl sites for hydroxylation is 2. The van der Waals surface area contributed by atoms with Gasteiger partial charge in [-0.05, 0) is 6.42 Å². The van der Waals surface area contributed by atoms with Gasteiger partial charge in [-0.3, -0.25) is 19.8 Å². The molecule has 144 valence electrons. The molecule has 0 aromatic carbocycles. The van der Waals surface area contributed by atoms with Gasteiger partial charge in [0.2, 0.25) is 11.7 Å². The van der Waals surface area contributed by atoms with Crippen LogP contribution in [0.5, 0.6) is 0 Å². The number of hydrogen-bond donors (Lipinski definition) is 0. The lowest BCUT2D eigenvalue weighted by Crippen LogP contribution is -2.52. The minimum atomic E-state index is -0.338. The Balaban J connectivity index is 1.61. The van der Waals surface area contributed by atoms with E-state index >= 15 is 0 Å². The molecule has 2 fully saturated rings. The van der Waals surface area contributed by atoms with Gasteiger partial charge in [-0.15, -0.1) is 0 Å². The summed E-state index contributed by atoms with van der Waals surface area (Å²) in [6.07, 6.45) is 0.526. The predicted octanol–water partition coefficient (Wildman–Crippen LogP) is -0.128. The summed E-state index contributed by atoms with van der Waals surface area (Å²) in [6, 6.07) is 0. The maximum Gasteiger partial charge on any atom is 0.334 e. The van der Waals surface area contributed by atoms with E-state index < -0.39 is 0 Å². The minimum absolute atomic E-state index is 0.104. The molecule has 3 rings (SSSR count). The van der Waals surface area contributed by atoms with Crippen molar-refractivity contribution >= 4 is 17.4 Å². The van der Waals surface area contributed by atoms with Gasteiger partial charge in [0.15, 0.2) is 0 Å². The Bertz CT molecular complexity index is 662. The lowest BCUT2D eigenvalue weighted by molar-refractivity contribution is -0.384. The zero-order chi connectivity index (χ0) is 18.7. The lowest BCUT2D eigenvalue weighted by Gasteiger charge is -2.36. The van der Waals surface area contributed by atoms with Crippen molar-refractivity contribution in [2.45, 2.75) is 13.3 Å². The Kier molecular flexibility index (Phi) is 5.72. The van der Waals surface area contributed by atoms with Crippen molar-refractivity contribution < 1.29 is 14.5 Å². The van der Waals surface area contributed by atoms with Gasteiger partial charge in [-0.25, -0.2) is 4.68 Å². The highest BCUT2D eigenvalue weighted by molar-refractivity contribution is 5.78. The Morgan fingerprint density at radius 3 is 2.42 bits per heavy atom. The summed E-state index contributed by atoms with van der Waals surface area (Å²) in [5.74, 6) is 0.688.